The SMILES string of the molecule is O=C(O)Cn1nnnc1Cc1ccc(Br)cc1. The standard InChI is InChI=1S/C10H9BrN4O2/c11-8-3-1-7(2-4-8)5-9-12-13-14-15(9)6-10(16)17/h1-4H,5-6H2,(H,16,17). The van der Waals surface area contributed by atoms with Crippen molar-refractivity contribution in [1.82, 2.24) is 20.2 Å². The van der Waals surface area contributed by atoms with E-state index in [0.717, 1.165) is 10.0 Å². The van der Waals surface area contributed by atoms with Crippen LogP contribution in [0.1, 0.15) is 11.4 Å². The summed E-state index contributed by atoms with van der Waals surface area (Å²) in [6.45, 7) is -0.223. The van der Waals surface area contributed by atoms with Crippen molar-refractivity contribution in [2.24, 2.45) is 0 Å². The Kier molecular flexibility index (Phi) is 3.48. The molecule has 0 aliphatic carbocycles. The molecule has 6 nitrogen and oxygen atoms in total. The van der Waals surface area contributed by atoms with Crippen LogP contribution in [0, 0.1) is 0 Å². The van der Waals surface area contributed by atoms with Crippen LogP contribution in [0.2, 0.25) is 0 Å². The normalized spacial score (nSPS) is 10.4. The van der Waals surface area contributed by atoms with Crippen molar-refractivity contribution in [1.29, 1.82) is 0 Å². The first-order chi connectivity index (χ1) is 8.15. The molecule has 0 fully saturated rings. The van der Waals surface area contributed by atoms with Gasteiger partial charge < -0.3 is 5.11 Å². The van der Waals surface area contributed by atoms with Crippen molar-refractivity contribution >= 4 is 21.9 Å². The lowest BCUT2D eigenvalue weighted by atomic mass is 10.1. The van der Waals surface area contributed by atoms with Gasteiger partial charge in [0.1, 0.15) is 6.54 Å². The highest BCUT2D eigenvalue weighted by Crippen LogP contribution is 2.12. The minimum atomic E-state index is -0.964. The Labute approximate surface area is 105 Å². The smallest absolute Gasteiger partial charge is 0.325 e. The fraction of sp³-hybridized carbons (Fsp3) is 0.200. The van der Waals surface area contributed by atoms with E-state index >= 15 is 0 Å². The lowest BCUT2D eigenvalue weighted by Crippen LogP contribution is -2.13. The van der Waals surface area contributed by atoms with Crippen LogP contribution in [0.4, 0.5) is 0 Å². The molecule has 0 radical (unpaired) electrons. The van der Waals surface area contributed by atoms with Gasteiger partial charge in [0.25, 0.3) is 0 Å². The first-order valence-electron chi connectivity index (χ1n) is 4.86. The van der Waals surface area contributed by atoms with Gasteiger partial charge in [-0.1, -0.05) is 28.1 Å². The molecule has 0 saturated heterocycles. The molecule has 7 heteroatoms. The Morgan fingerprint density at radius 2 is 2.06 bits per heavy atom. The molecule has 17 heavy (non-hydrogen) atoms. The molecule has 1 N–H and O–H groups in total. The summed E-state index contributed by atoms with van der Waals surface area (Å²) in [5.41, 5.74) is 1.02. The Morgan fingerprint density at radius 1 is 1.35 bits per heavy atom. The van der Waals surface area contributed by atoms with Crippen LogP contribution in [0.15, 0.2) is 28.7 Å². The number of nitrogens with zero attached hydrogens (tertiary/aromatic N) is 4. The van der Waals surface area contributed by atoms with Gasteiger partial charge in [-0.3, -0.25) is 4.79 Å². The van der Waals surface area contributed by atoms with Crippen molar-refractivity contribution in [2.45, 2.75) is 13.0 Å². The van der Waals surface area contributed by atoms with Gasteiger partial charge >= 0.3 is 5.97 Å². The number of carbonyl (C=O) groups is 1. The molecule has 1 heterocycles. The summed E-state index contributed by atoms with van der Waals surface area (Å²) in [6, 6.07) is 7.70. The van der Waals surface area contributed by atoms with Gasteiger partial charge in [-0.15, -0.1) is 5.10 Å². The maximum absolute atomic E-state index is 10.6. The number of carboxylic acids is 1. The molecule has 0 atom stereocenters. The number of aliphatic carboxylic acids is 1. The molecule has 0 aliphatic rings. The monoisotopic (exact) mass is 296 g/mol. The van der Waals surface area contributed by atoms with E-state index in [9.17, 15) is 4.79 Å². The molecule has 0 bridgehead atoms. The van der Waals surface area contributed by atoms with E-state index in [4.69, 9.17) is 5.11 Å². The van der Waals surface area contributed by atoms with Crippen molar-refractivity contribution < 1.29 is 9.90 Å². The van der Waals surface area contributed by atoms with Gasteiger partial charge in [0.2, 0.25) is 0 Å². The van der Waals surface area contributed by atoms with Crippen LogP contribution in [0.25, 0.3) is 0 Å². The maximum Gasteiger partial charge on any atom is 0.325 e. The van der Waals surface area contributed by atoms with Crippen molar-refractivity contribution in [3.05, 3.63) is 40.1 Å². The second kappa shape index (κ2) is 5.05. The quantitative estimate of drug-likeness (QED) is 0.914. The summed E-state index contributed by atoms with van der Waals surface area (Å²) in [6.07, 6.45) is 0.507. The largest absolute Gasteiger partial charge is 0.480 e. The summed E-state index contributed by atoms with van der Waals surface area (Å²) in [7, 11) is 0. The van der Waals surface area contributed by atoms with E-state index in [1.54, 1.807) is 0 Å². The first-order valence-corrected chi connectivity index (χ1v) is 5.66. The van der Waals surface area contributed by atoms with Gasteiger partial charge in [0.05, 0.1) is 0 Å². The molecule has 0 aliphatic heterocycles. The second-order valence-electron chi connectivity index (χ2n) is 3.45. The van der Waals surface area contributed by atoms with Gasteiger partial charge in [-0.25, -0.2) is 4.68 Å². The third-order valence-electron chi connectivity index (χ3n) is 2.17. The summed E-state index contributed by atoms with van der Waals surface area (Å²) in [5.74, 6) is -0.427. The van der Waals surface area contributed by atoms with Gasteiger partial charge in [-0.05, 0) is 28.1 Å². The number of hydrogen-bond donors (Lipinski definition) is 1. The average molecular weight is 297 g/mol. The van der Waals surface area contributed by atoms with Gasteiger partial charge in [0.15, 0.2) is 5.82 Å². The summed E-state index contributed by atoms with van der Waals surface area (Å²) >= 11 is 3.35. The lowest BCUT2D eigenvalue weighted by molar-refractivity contribution is -0.138. The Hall–Kier alpha value is -1.76. The number of benzene rings is 1. The molecule has 88 valence electrons. The molecule has 2 rings (SSSR count). The number of tetrazole rings is 1. The topological polar surface area (TPSA) is 80.9 Å². The van der Waals surface area contributed by atoms with Crippen LogP contribution < -0.4 is 0 Å². The molecule has 0 amide bonds. The molecule has 2 aromatic rings. The fourth-order valence-corrected chi connectivity index (χ4v) is 1.65. The third kappa shape index (κ3) is 3.10. The summed E-state index contributed by atoms with van der Waals surface area (Å²) in [5, 5.41) is 19.6. The zero-order valence-corrected chi connectivity index (χ0v) is 10.3. The number of halogens is 1. The molecule has 0 spiro atoms. The summed E-state index contributed by atoms with van der Waals surface area (Å²) in [4.78, 5) is 10.6. The van der Waals surface area contributed by atoms with E-state index in [2.05, 4.69) is 31.5 Å². The zero-order valence-electron chi connectivity index (χ0n) is 8.75. The lowest BCUT2D eigenvalue weighted by Gasteiger charge is -2.02. The highest BCUT2D eigenvalue weighted by atomic mass is 79.9. The third-order valence-corrected chi connectivity index (χ3v) is 2.70. The second-order valence-corrected chi connectivity index (χ2v) is 4.37. The molecule has 1 aromatic carbocycles. The van der Waals surface area contributed by atoms with E-state index in [-0.39, 0.29) is 6.54 Å². The predicted octanol–water partition coefficient (Wildman–Crippen LogP) is 1.11. The van der Waals surface area contributed by atoms with E-state index in [1.807, 2.05) is 24.3 Å². The number of carboxylic acid groups (broad SMARTS) is 1. The molecular weight excluding hydrogens is 288 g/mol. The summed E-state index contributed by atoms with van der Waals surface area (Å²) < 4.78 is 2.27. The average Bonchev–Trinajstić information content (AvgIpc) is 2.68. The Morgan fingerprint density at radius 3 is 2.71 bits per heavy atom. The number of rotatable bonds is 4. The van der Waals surface area contributed by atoms with E-state index < -0.39 is 5.97 Å². The van der Waals surface area contributed by atoms with Crippen molar-refractivity contribution in [3.63, 3.8) is 0 Å². The highest BCUT2D eigenvalue weighted by Gasteiger charge is 2.09. The van der Waals surface area contributed by atoms with E-state index in [0.29, 0.717) is 12.2 Å². The van der Waals surface area contributed by atoms with Crippen LogP contribution >= 0.6 is 15.9 Å². The minimum Gasteiger partial charge on any atom is -0.480 e. The van der Waals surface area contributed by atoms with Crippen molar-refractivity contribution in [2.75, 3.05) is 0 Å². The van der Waals surface area contributed by atoms with Crippen LogP contribution in [0.5, 0.6) is 0 Å². The predicted molar refractivity (Wildman–Crippen MR) is 62.4 cm³/mol. The van der Waals surface area contributed by atoms with Gasteiger partial charge in [0, 0.05) is 10.9 Å². The zero-order chi connectivity index (χ0) is 12.3. The minimum absolute atomic E-state index is 0.223. The van der Waals surface area contributed by atoms with Crippen LogP contribution in [0.3, 0.4) is 0 Å². The number of hydrogen-bond acceptors (Lipinski definition) is 4. The Balaban J connectivity index is 2.15. The molecule has 1 aromatic heterocycles. The van der Waals surface area contributed by atoms with Crippen molar-refractivity contribution in [3.8, 4) is 0 Å². The van der Waals surface area contributed by atoms with Gasteiger partial charge in [-0.2, -0.15) is 0 Å². The van der Waals surface area contributed by atoms with Crippen LogP contribution in [-0.2, 0) is 17.8 Å². The fourth-order valence-electron chi connectivity index (χ4n) is 1.39. The molecule has 0 unspecified atom stereocenters. The first kappa shape index (κ1) is 11.7. The maximum atomic E-state index is 10.6. The van der Waals surface area contributed by atoms with Crippen LogP contribution in [-0.4, -0.2) is 31.3 Å². The number of aromatic nitrogens is 4. The molecular formula is C10H9BrN4O2. The highest BCUT2D eigenvalue weighted by molar-refractivity contribution is 9.10. The Bertz CT molecular complexity index is 523. The van der Waals surface area contributed by atoms with E-state index in [1.165, 1.54) is 4.68 Å². The molecule has 0 saturated carbocycles.